The molecule has 2 atom stereocenters. The Bertz CT molecular complexity index is 1260. The monoisotopic (exact) mass is 586 g/mol. The number of hydrogen-bond donors (Lipinski definition) is 3. The summed E-state index contributed by atoms with van der Waals surface area (Å²) in [4.78, 5) is 31.8. The van der Waals surface area contributed by atoms with Crippen molar-refractivity contribution in [2.45, 2.75) is 87.5 Å². The lowest BCUT2D eigenvalue weighted by Gasteiger charge is -2.33. The first kappa shape index (κ1) is 30.0. The number of halogens is 9. The van der Waals surface area contributed by atoms with Crippen molar-refractivity contribution in [3.63, 3.8) is 0 Å². The van der Waals surface area contributed by atoms with Gasteiger partial charge in [0.1, 0.15) is 11.3 Å². The molecule has 222 valence electrons. The molecular formula is C25H27F9N4O2. The van der Waals surface area contributed by atoms with E-state index >= 15 is 4.39 Å². The topological polar surface area (TPSA) is 86.9 Å². The third-order valence-corrected chi connectivity index (χ3v) is 7.25. The molecule has 1 aromatic carbocycles. The molecule has 2 fully saturated rings. The van der Waals surface area contributed by atoms with E-state index < -0.39 is 96.1 Å². The maximum Gasteiger partial charge on any atom is 0.390 e. The number of aromatic amines is 1. The van der Waals surface area contributed by atoms with Crippen LogP contribution in [0.2, 0.25) is 0 Å². The van der Waals surface area contributed by atoms with Gasteiger partial charge in [0.2, 0.25) is 11.8 Å². The minimum absolute atomic E-state index is 0.0287. The molecule has 15 heteroatoms. The molecule has 3 N–H and O–H groups in total. The predicted molar refractivity (Wildman–Crippen MR) is 124 cm³/mol. The van der Waals surface area contributed by atoms with Crippen LogP contribution in [0, 0.1) is 11.7 Å². The molecule has 2 saturated carbocycles. The van der Waals surface area contributed by atoms with Gasteiger partial charge in [-0.25, -0.2) is 31.3 Å². The Morgan fingerprint density at radius 3 is 2.25 bits per heavy atom. The van der Waals surface area contributed by atoms with Crippen LogP contribution in [-0.2, 0) is 9.59 Å². The SMILES string of the molecule is CC(F)(F)CNC(=O)C(CC(F)(F)F)c1ccc2[nH]c([C@@H](NC(=O)C3(F)CC3)C3CCC(F)(F)CC3)nc2c1F. The van der Waals surface area contributed by atoms with Crippen LogP contribution in [0.3, 0.4) is 0 Å². The number of imidazole rings is 1. The van der Waals surface area contributed by atoms with Gasteiger partial charge in [0.05, 0.1) is 30.4 Å². The van der Waals surface area contributed by atoms with E-state index in [4.69, 9.17) is 0 Å². The molecule has 2 aromatic rings. The summed E-state index contributed by atoms with van der Waals surface area (Å²) in [7, 11) is 0. The number of carbonyl (C=O) groups is 2. The molecule has 2 amide bonds. The van der Waals surface area contributed by atoms with Crippen molar-refractivity contribution < 1.29 is 49.1 Å². The van der Waals surface area contributed by atoms with Gasteiger partial charge in [-0.05, 0) is 37.7 Å². The Balaban J connectivity index is 1.69. The van der Waals surface area contributed by atoms with Gasteiger partial charge in [-0.15, -0.1) is 0 Å². The van der Waals surface area contributed by atoms with Crippen molar-refractivity contribution >= 4 is 22.8 Å². The first-order chi connectivity index (χ1) is 18.4. The van der Waals surface area contributed by atoms with E-state index in [-0.39, 0.29) is 37.0 Å². The van der Waals surface area contributed by atoms with E-state index in [0.29, 0.717) is 6.92 Å². The lowest BCUT2D eigenvalue weighted by atomic mass is 9.81. The smallest absolute Gasteiger partial charge is 0.350 e. The van der Waals surface area contributed by atoms with Gasteiger partial charge in [-0.2, -0.15) is 13.2 Å². The van der Waals surface area contributed by atoms with Crippen LogP contribution in [0.1, 0.15) is 75.2 Å². The maximum absolute atomic E-state index is 15.6. The van der Waals surface area contributed by atoms with E-state index in [2.05, 4.69) is 15.3 Å². The third kappa shape index (κ3) is 7.00. The fourth-order valence-corrected chi connectivity index (χ4v) is 4.85. The molecule has 40 heavy (non-hydrogen) atoms. The summed E-state index contributed by atoms with van der Waals surface area (Å²) >= 11 is 0. The second-order valence-corrected chi connectivity index (χ2v) is 10.8. The van der Waals surface area contributed by atoms with Crippen molar-refractivity contribution in [1.29, 1.82) is 0 Å². The van der Waals surface area contributed by atoms with Crippen LogP contribution in [-0.4, -0.2) is 52.0 Å². The Kier molecular flexibility index (Phi) is 7.82. The number of aromatic nitrogens is 2. The minimum Gasteiger partial charge on any atom is -0.350 e. The predicted octanol–water partition coefficient (Wildman–Crippen LogP) is 5.99. The summed E-state index contributed by atoms with van der Waals surface area (Å²) < 4.78 is 124. The first-order valence-electron chi connectivity index (χ1n) is 12.7. The third-order valence-electron chi connectivity index (χ3n) is 7.25. The highest BCUT2D eigenvalue weighted by molar-refractivity contribution is 5.88. The first-order valence-corrected chi connectivity index (χ1v) is 12.7. The van der Waals surface area contributed by atoms with Gasteiger partial charge < -0.3 is 15.6 Å². The van der Waals surface area contributed by atoms with Crippen LogP contribution in [0.25, 0.3) is 11.0 Å². The second-order valence-electron chi connectivity index (χ2n) is 10.8. The highest BCUT2D eigenvalue weighted by Crippen LogP contribution is 2.44. The fraction of sp³-hybridized carbons (Fsp3) is 0.640. The zero-order valence-electron chi connectivity index (χ0n) is 21.2. The second kappa shape index (κ2) is 10.4. The molecule has 2 aliphatic carbocycles. The van der Waals surface area contributed by atoms with Gasteiger partial charge in [0.15, 0.2) is 11.5 Å². The number of carbonyl (C=O) groups excluding carboxylic acids is 2. The summed E-state index contributed by atoms with van der Waals surface area (Å²) in [6.07, 6.45) is -8.02. The molecule has 6 nitrogen and oxygen atoms in total. The Labute approximate surface area is 222 Å². The summed E-state index contributed by atoms with van der Waals surface area (Å²) in [5.41, 5.74) is -3.44. The van der Waals surface area contributed by atoms with Gasteiger partial charge >= 0.3 is 6.18 Å². The van der Waals surface area contributed by atoms with Crippen molar-refractivity contribution in [1.82, 2.24) is 20.6 Å². The van der Waals surface area contributed by atoms with Crippen LogP contribution >= 0.6 is 0 Å². The summed E-state index contributed by atoms with van der Waals surface area (Å²) in [6, 6.07) is 0.879. The number of rotatable bonds is 9. The number of hydrogen-bond acceptors (Lipinski definition) is 3. The number of benzene rings is 1. The number of fused-ring (bicyclic) bond motifs is 1. The van der Waals surface area contributed by atoms with E-state index in [1.807, 2.05) is 0 Å². The minimum atomic E-state index is -4.96. The molecule has 0 radical (unpaired) electrons. The standard InChI is InChI=1S/C25H27F9N4O2/c1-22(27,28)11-35-20(39)14(10-25(32,33)34)13-2-3-15-18(16(13)26)37-19(36-15)17(38-21(40)23(29)8-9-23)12-4-6-24(30,31)7-5-12/h2-3,12,14,17H,4-11H2,1H3,(H,35,39)(H,36,37)(H,38,40)/t14?,17-/m0/s1. The fourth-order valence-electron chi connectivity index (χ4n) is 4.85. The number of nitrogens with zero attached hydrogens (tertiary/aromatic N) is 1. The van der Waals surface area contributed by atoms with Crippen LogP contribution in [0.5, 0.6) is 0 Å². The molecule has 1 heterocycles. The molecule has 2 aliphatic rings. The largest absolute Gasteiger partial charge is 0.390 e. The summed E-state index contributed by atoms with van der Waals surface area (Å²) in [5, 5.41) is 4.18. The zero-order chi connectivity index (χ0) is 29.7. The van der Waals surface area contributed by atoms with Crippen LogP contribution in [0.15, 0.2) is 12.1 Å². The van der Waals surface area contributed by atoms with Gasteiger partial charge in [-0.3, -0.25) is 9.59 Å². The molecule has 0 saturated heterocycles. The van der Waals surface area contributed by atoms with E-state index in [0.717, 1.165) is 12.1 Å². The Morgan fingerprint density at radius 2 is 1.70 bits per heavy atom. The molecule has 1 aromatic heterocycles. The van der Waals surface area contributed by atoms with Crippen molar-refractivity contribution in [3.05, 3.63) is 29.3 Å². The summed E-state index contributed by atoms with van der Waals surface area (Å²) in [5.74, 6) is -13.1. The maximum atomic E-state index is 15.6. The van der Waals surface area contributed by atoms with E-state index in [1.165, 1.54) is 0 Å². The normalized spacial score (nSPS) is 20.6. The Morgan fingerprint density at radius 1 is 1.07 bits per heavy atom. The van der Waals surface area contributed by atoms with Gasteiger partial charge in [-0.1, -0.05) is 6.07 Å². The highest BCUT2D eigenvalue weighted by atomic mass is 19.4. The average molecular weight is 586 g/mol. The van der Waals surface area contributed by atoms with Crippen molar-refractivity contribution in [3.8, 4) is 0 Å². The quantitative estimate of drug-likeness (QED) is 0.316. The average Bonchev–Trinajstić information content (AvgIpc) is 3.44. The number of nitrogens with one attached hydrogen (secondary N) is 3. The van der Waals surface area contributed by atoms with Crippen molar-refractivity contribution in [2.75, 3.05) is 6.54 Å². The van der Waals surface area contributed by atoms with E-state index in [1.54, 1.807) is 5.32 Å². The zero-order valence-corrected chi connectivity index (χ0v) is 21.2. The highest BCUT2D eigenvalue weighted by Gasteiger charge is 2.52. The number of alkyl halides is 8. The van der Waals surface area contributed by atoms with Crippen LogP contribution in [0.4, 0.5) is 39.5 Å². The number of amides is 2. The molecule has 1 unspecified atom stereocenters. The van der Waals surface area contributed by atoms with Crippen LogP contribution < -0.4 is 10.6 Å². The van der Waals surface area contributed by atoms with Crippen molar-refractivity contribution in [2.24, 2.45) is 5.92 Å². The lowest BCUT2D eigenvalue weighted by molar-refractivity contribution is -0.148. The molecule has 0 spiro atoms. The molecule has 0 bridgehead atoms. The lowest BCUT2D eigenvalue weighted by Crippen LogP contribution is -2.41. The summed E-state index contributed by atoms with van der Waals surface area (Å²) in [6.45, 7) is -0.824. The van der Waals surface area contributed by atoms with Gasteiger partial charge in [0, 0.05) is 25.3 Å². The molecular weight excluding hydrogens is 559 g/mol. The molecule has 4 rings (SSSR count). The van der Waals surface area contributed by atoms with E-state index in [9.17, 15) is 44.7 Å². The molecule has 0 aliphatic heterocycles. The van der Waals surface area contributed by atoms with Gasteiger partial charge in [0.25, 0.3) is 11.8 Å². The number of H-pyrrole nitrogens is 1. The Hall–Kier alpha value is -3.00.